The fourth-order valence-corrected chi connectivity index (χ4v) is 4.05. The molecular weight excluding hydrogens is 451 g/mol. The molecule has 11 heteroatoms. The van der Waals surface area contributed by atoms with Gasteiger partial charge in [0.15, 0.2) is 12.3 Å². The van der Waals surface area contributed by atoms with Crippen LogP contribution in [-0.2, 0) is 15.9 Å². The molecule has 1 aliphatic heterocycles. The third kappa shape index (κ3) is 4.20. The predicted molar refractivity (Wildman–Crippen MR) is 124 cm³/mol. The Bertz CT molecular complexity index is 1200. The van der Waals surface area contributed by atoms with Gasteiger partial charge in [-0.3, -0.25) is 13.8 Å². The minimum Gasteiger partial charge on any atom is -0.496 e. The van der Waals surface area contributed by atoms with Gasteiger partial charge in [-0.15, -0.1) is 3.89 Å². The van der Waals surface area contributed by atoms with Gasteiger partial charge in [0.2, 0.25) is 0 Å². The second-order valence-electron chi connectivity index (χ2n) is 8.75. The van der Waals surface area contributed by atoms with Crippen LogP contribution in [0.2, 0.25) is 0 Å². The lowest BCUT2D eigenvalue weighted by molar-refractivity contribution is 0.00578. The van der Waals surface area contributed by atoms with E-state index >= 15 is 0 Å². The fourth-order valence-electron chi connectivity index (χ4n) is 3.67. The standard InChI is InChI=1S/C22H24BF2N3O4S/c1-21(2)22(3,4)32-23(31-21)16-11-26-17(19-14(16)8-9-28(19)33-25)12-27-20(29)15-10-13(24)6-7-18(15)30-5/h6-11H,12H2,1-5H3,(H,27,29). The average Bonchev–Trinajstić information content (AvgIpc) is 3.29. The second kappa shape index (κ2) is 8.62. The molecule has 1 fully saturated rings. The summed E-state index contributed by atoms with van der Waals surface area (Å²) in [6, 6.07) is 5.44. The predicted octanol–water partition coefficient (Wildman–Crippen LogP) is 3.79. The molecule has 0 unspecified atom stereocenters. The maximum atomic E-state index is 13.7. The molecule has 0 bridgehead atoms. The third-order valence-corrected chi connectivity index (χ3v) is 6.65. The summed E-state index contributed by atoms with van der Waals surface area (Å²) in [6.45, 7) is 7.79. The molecule has 33 heavy (non-hydrogen) atoms. The van der Waals surface area contributed by atoms with E-state index in [1.54, 1.807) is 18.5 Å². The van der Waals surface area contributed by atoms with E-state index in [-0.39, 0.29) is 30.2 Å². The number of amides is 1. The monoisotopic (exact) mass is 475 g/mol. The molecule has 0 saturated carbocycles. The van der Waals surface area contributed by atoms with Gasteiger partial charge in [0.05, 0.1) is 41.6 Å². The SMILES string of the molecule is COc1ccc(F)cc1C(=O)NCc1ncc(B2OC(C)(C)C(C)(C)O2)c2ccn(SF)c12. The lowest BCUT2D eigenvalue weighted by Gasteiger charge is -2.32. The zero-order valence-corrected chi connectivity index (χ0v) is 19.8. The smallest absolute Gasteiger partial charge is 0.496 e. The summed E-state index contributed by atoms with van der Waals surface area (Å²) in [5.41, 5.74) is 0.553. The Balaban J connectivity index is 1.65. The summed E-state index contributed by atoms with van der Waals surface area (Å²) >= 11 is 0.0214. The zero-order chi connectivity index (χ0) is 24.0. The first-order valence-electron chi connectivity index (χ1n) is 10.3. The summed E-state index contributed by atoms with van der Waals surface area (Å²) in [5.74, 6) is -0.857. The Labute approximate surface area is 195 Å². The molecular formula is C22H24BF2N3O4S. The lowest BCUT2D eigenvalue weighted by Crippen LogP contribution is -2.41. The van der Waals surface area contributed by atoms with Crippen molar-refractivity contribution in [1.82, 2.24) is 14.3 Å². The molecule has 1 aromatic carbocycles. The Kier molecular flexibility index (Phi) is 6.15. The number of halogens is 2. The molecule has 3 aromatic rings. The first kappa shape index (κ1) is 23.5. The summed E-state index contributed by atoms with van der Waals surface area (Å²) < 4.78 is 46.1. The van der Waals surface area contributed by atoms with Crippen LogP contribution in [-0.4, -0.2) is 40.3 Å². The number of carbonyl (C=O) groups is 1. The van der Waals surface area contributed by atoms with Crippen molar-refractivity contribution in [3.8, 4) is 5.75 Å². The largest absolute Gasteiger partial charge is 0.497 e. The number of hydrogen-bond acceptors (Lipinski definition) is 6. The van der Waals surface area contributed by atoms with E-state index in [0.717, 1.165) is 6.07 Å². The number of methoxy groups -OCH3 is 1. The van der Waals surface area contributed by atoms with E-state index in [4.69, 9.17) is 14.0 Å². The number of nitrogens with zero attached hydrogens (tertiary/aromatic N) is 2. The molecule has 4 rings (SSSR count). The van der Waals surface area contributed by atoms with E-state index in [1.165, 1.54) is 23.2 Å². The first-order valence-corrected chi connectivity index (χ1v) is 11.0. The molecule has 0 radical (unpaired) electrons. The van der Waals surface area contributed by atoms with Crippen LogP contribution >= 0.6 is 12.3 Å². The van der Waals surface area contributed by atoms with E-state index in [2.05, 4.69) is 10.3 Å². The van der Waals surface area contributed by atoms with Gasteiger partial charge < -0.3 is 19.4 Å². The Morgan fingerprint density at radius 2 is 1.94 bits per heavy atom. The Hall–Kier alpha value is -2.63. The van der Waals surface area contributed by atoms with Gasteiger partial charge in [-0.1, -0.05) is 0 Å². The summed E-state index contributed by atoms with van der Waals surface area (Å²) in [4.78, 5) is 17.2. The molecule has 1 saturated heterocycles. The van der Waals surface area contributed by atoms with Crippen molar-refractivity contribution in [3.05, 3.63) is 53.7 Å². The topological polar surface area (TPSA) is 74.6 Å². The van der Waals surface area contributed by atoms with Crippen molar-refractivity contribution in [2.24, 2.45) is 0 Å². The Morgan fingerprint density at radius 3 is 2.58 bits per heavy atom. The van der Waals surface area contributed by atoms with Gasteiger partial charge in [-0.2, -0.15) is 0 Å². The van der Waals surface area contributed by atoms with E-state index in [0.29, 0.717) is 22.1 Å². The van der Waals surface area contributed by atoms with Crippen LogP contribution in [0.25, 0.3) is 10.9 Å². The van der Waals surface area contributed by atoms with Gasteiger partial charge in [-0.05, 0) is 52.0 Å². The minimum atomic E-state index is -0.675. The van der Waals surface area contributed by atoms with Crippen LogP contribution in [0.4, 0.5) is 8.28 Å². The molecule has 3 heterocycles. The van der Waals surface area contributed by atoms with Crippen LogP contribution in [0.1, 0.15) is 43.7 Å². The molecule has 1 aliphatic rings. The number of nitrogens with one attached hydrogen (secondary N) is 1. The number of benzene rings is 1. The van der Waals surface area contributed by atoms with Gasteiger partial charge in [-0.25, -0.2) is 4.39 Å². The lowest BCUT2D eigenvalue weighted by atomic mass is 9.78. The van der Waals surface area contributed by atoms with Crippen LogP contribution in [0.3, 0.4) is 0 Å². The van der Waals surface area contributed by atoms with Crippen LogP contribution in [0.15, 0.2) is 36.7 Å². The normalized spacial score (nSPS) is 16.9. The van der Waals surface area contributed by atoms with Gasteiger partial charge in [0, 0.05) is 23.2 Å². The van der Waals surface area contributed by atoms with Crippen molar-refractivity contribution >= 4 is 41.7 Å². The molecule has 0 spiro atoms. The highest BCUT2D eigenvalue weighted by atomic mass is 32.2. The second-order valence-corrected chi connectivity index (χ2v) is 9.28. The highest BCUT2D eigenvalue weighted by molar-refractivity contribution is 7.92. The number of ether oxygens (including phenoxy) is 1. The quantitative estimate of drug-likeness (QED) is 0.547. The van der Waals surface area contributed by atoms with Crippen molar-refractivity contribution in [2.45, 2.75) is 45.4 Å². The summed E-state index contributed by atoms with van der Waals surface area (Å²) in [7, 11) is 0.722. The maximum absolute atomic E-state index is 13.7. The van der Waals surface area contributed by atoms with E-state index in [1.807, 2.05) is 27.7 Å². The van der Waals surface area contributed by atoms with Crippen molar-refractivity contribution in [3.63, 3.8) is 0 Å². The molecule has 1 amide bonds. The third-order valence-electron chi connectivity index (χ3n) is 6.20. The number of fused-ring (bicyclic) bond motifs is 1. The number of hydrogen-bond donors (Lipinski definition) is 1. The van der Waals surface area contributed by atoms with Crippen LogP contribution in [0, 0.1) is 5.82 Å². The van der Waals surface area contributed by atoms with E-state index in [9.17, 15) is 13.1 Å². The molecule has 2 aromatic heterocycles. The fraction of sp³-hybridized carbons (Fsp3) is 0.364. The zero-order valence-electron chi connectivity index (χ0n) is 18.9. The van der Waals surface area contributed by atoms with Gasteiger partial charge in [0.1, 0.15) is 11.6 Å². The van der Waals surface area contributed by atoms with Gasteiger partial charge in [0.25, 0.3) is 5.91 Å². The number of pyridine rings is 1. The molecule has 7 nitrogen and oxygen atoms in total. The maximum Gasteiger partial charge on any atom is 0.497 e. The van der Waals surface area contributed by atoms with Crippen LogP contribution < -0.4 is 15.5 Å². The summed E-state index contributed by atoms with van der Waals surface area (Å²) in [6.07, 6.45) is 3.19. The van der Waals surface area contributed by atoms with Crippen molar-refractivity contribution in [2.75, 3.05) is 7.11 Å². The average molecular weight is 475 g/mol. The molecule has 0 atom stereocenters. The highest BCUT2D eigenvalue weighted by Crippen LogP contribution is 2.37. The molecule has 0 aliphatic carbocycles. The van der Waals surface area contributed by atoms with E-state index < -0.39 is 30.0 Å². The van der Waals surface area contributed by atoms with Crippen molar-refractivity contribution in [1.29, 1.82) is 0 Å². The number of rotatable bonds is 6. The van der Waals surface area contributed by atoms with Gasteiger partial charge >= 0.3 is 7.12 Å². The molecule has 174 valence electrons. The summed E-state index contributed by atoms with van der Waals surface area (Å²) in [5, 5.41) is 3.41. The highest BCUT2D eigenvalue weighted by Gasteiger charge is 2.52. The first-order chi connectivity index (χ1) is 15.6. The van der Waals surface area contributed by atoms with Crippen LogP contribution in [0.5, 0.6) is 5.75 Å². The minimum absolute atomic E-state index is 0.0107. The molecule has 1 N–H and O–H groups in total. The van der Waals surface area contributed by atoms with Crippen molar-refractivity contribution < 1.29 is 27.1 Å². The Morgan fingerprint density at radius 1 is 1.24 bits per heavy atom. The number of aromatic nitrogens is 2. The number of carbonyl (C=O) groups excluding carboxylic acids is 1.